The van der Waals surface area contributed by atoms with Crippen LogP contribution in [0.4, 0.5) is 18.0 Å². The Labute approximate surface area is 73.6 Å². The van der Waals surface area contributed by atoms with E-state index in [1.807, 2.05) is 0 Å². The molecule has 2 amide bonds. The third-order valence-corrected chi connectivity index (χ3v) is 1.22. The topological polar surface area (TPSA) is 41.6 Å². The van der Waals surface area contributed by atoms with E-state index in [9.17, 15) is 18.0 Å². The second-order valence-electron chi connectivity index (χ2n) is 2.33. The number of amides is 2. The number of hydroxylamine groups is 1. The molecule has 0 spiro atoms. The second kappa shape index (κ2) is 4.90. The minimum Gasteiger partial charge on any atom is -0.326 e. The number of nitrogens with zero attached hydrogens (tertiary/aromatic N) is 1. The standard InChI is InChI=1S/C6H11F3N2O2/c1-3-11(2)5(12)10-13-4-6(7,8)9/h3-4H2,1-2H3,(H,10,12). The fourth-order valence-corrected chi connectivity index (χ4v) is 0.401. The molecule has 0 aromatic heterocycles. The average Bonchev–Trinajstić information content (AvgIpc) is 2.00. The summed E-state index contributed by atoms with van der Waals surface area (Å²) >= 11 is 0. The Morgan fingerprint density at radius 2 is 2.08 bits per heavy atom. The fraction of sp³-hybridized carbons (Fsp3) is 0.833. The van der Waals surface area contributed by atoms with Gasteiger partial charge in [-0.2, -0.15) is 13.2 Å². The smallest absolute Gasteiger partial charge is 0.326 e. The van der Waals surface area contributed by atoms with E-state index >= 15 is 0 Å². The summed E-state index contributed by atoms with van der Waals surface area (Å²) in [5.41, 5.74) is 1.66. The van der Waals surface area contributed by atoms with Gasteiger partial charge >= 0.3 is 12.2 Å². The molecule has 0 aliphatic heterocycles. The summed E-state index contributed by atoms with van der Waals surface area (Å²) in [6.45, 7) is 0.584. The lowest BCUT2D eigenvalue weighted by Gasteiger charge is -2.15. The number of nitrogens with one attached hydrogen (secondary N) is 1. The largest absolute Gasteiger partial charge is 0.414 e. The molecular formula is C6H11F3N2O2. The van der Waals surface area contributed by atoms with Crippen LogP contribution in [0, 0.1) is 0 Å². The van der Waals surface area contributed by atoms with Crippen LogP contribution in [-0.2, 0) is 4.84 Å². The number of halogens is 3. The van der Waals surface area contributed by atoms with Gasteiger partial charge in [0.05, 0.1) is 0 Å². The van der Waals surface area contributed by atoms with Gasteiger partial charge in [-0.25, -0.2) is 10.3 Å². The summed E-state index contributed by atoms with van der Waals surface area (Å²) in [5.74, 6) is 0. The zero-order valence-corrected chi connectivity index (χ0v) is 7.31. The third-order valence-electron chi connectivity index (χ3n) is 1.22. The number of hydrogen-bond donors (Lipinski definition) is 1. The summed E-state index contributed by atoms with van der Waals surface area (Å²) in [4.78, 5) is 15.9. The van der Waals surface area contributed by atoms with E-state index < -0.39 is 18.8 Å². The Morgan fingerprint density at radius 1 is 1.54 bits per heavy atom. The summed E-state index contributed by atoms with van der Waals surface area (Å²) in [7, 11) is 1.44. The summed E-state index contributed by atoms with van der Waals surface area (Å²) in [5, 5.41) is 0. The van der Waals surface area contributed by atoms with Crippen molar-refractivity contribution in [3.05, 3.63) is 0 Å². The molecule has 1 N–H and O–H groups in total. The van der Waals surface area contributed by atoms with Gasteiger partial charge in [0.1, 0.15) is 0 Å². The van der Waals surface area contributed by atoms with Gasteiger partial charge in [-0.15, -0.1) is 0 Å². The Morgan fingerprint density at radius 3 is 2.46 bits per heavy atom. The molecule has 0 aromatic carbocycles. The van der Waals surface area contributed by atoms with Crippen molar-refractivity contribution in [1.29, 1.82) is 0 Å². The van der Waals surface area contributed by atoms with Gasteiger partial charge in [0.2, 0.25) is 0 Å². The van der Waals surface area contributed by atoms with E-state index in [0.29, 0.717) is 6.54 Å². The Hall–Kier alpha value is -0.980. The van der Waals surface area contributed by atoms with E-state index in [1.54, 1.807) is 12.4 Å². The van der Waals surface area contributed by atoms with Crippen LogP contribution >= 0.6 is 0 Å². The number of hydrogen-bond acceptors (Lipinski definition) is 2. The SMILES string of the molecule is CCN(C)C(=O)NOCC(F)(F)F. The van der Waals surface area contributed by atoms with E-state index in [4.69, 9.17) is 0 Å². The fourth-order valence-electron chi connectivity index (χ4n) is 0.401. The highest BCUT2D eigenvalue weighted by Crippen LogP contribution is 2.13. The molecule has 0 bridgehead atoms. The molecule has 0 atom stereocenters. The van der Waals surface area contributed by atoms with Gasteiger partial charge in [-0.3, -0.25) is 4.84 Å². The lowest BCUT2D eigenvalue weighted by atomic mass is 10.6. The molecular weight excluding hydrogens is 189 g/mol. The number of rotatable bonds is 3. The second-order valence-corrected chi connectivity index (χ2v) is 2.33. The van der Waals surface area contributed by atoms with Crippen LogP contribution in [0.3, 0.4) is 0 Å². The van der Waals surface area contributed by atoms with E-state index in [-0.39, 0.29) is 0 Å². The van der Waals surface area contributed by atoms with E-state index in [2.05, 4.69) is 4.84 Å². The summed E-state index contributed by atoms with van der Waals surface area (Å²) in [6, 6.07) is -0.702. The Balaban J connectivity index is 3.60. The van der Waals surface area contributed by atoms with Crippen LogP contribution in [-0.4, -0.2) is 37.3 Å². The van der Waals surface area contributed by atoms with Crippen LogP contribution in [0.15, 0.2) is 0 Å². The quantitative estimate of drug-likeness (QED) is 0.694. The van der Waals surface area contributed by atoms with Gasteiger partial charge in [0.25, 0.3) is 0 Å². The lowest BCUT2D eigenvalue weighted by Crippen LogP contribution is -2.38. The first kappa shape index (κ1) is 12.0. The first-order valence-corrected chi connectivity index (χ1v) is 3.56. The minimum absolute atomic E-state index is 0.390. The maximum Gasteiger partial charge on any atom is 0.414 e. The van der Waals surface area contributed by atoms with Crippen molar-refractivity contribution in [2.24, 2.45) is 0 Å². The molecule has 0 saturated carbocycles. The molecule has 0 aliphatic carbocycles. The summed E-state index contributed by atoms with van der Waals surface area (Å²) < 4.78 is 34.5. The molecule has 7 heteroatoms. The number of alkyl halides is 3. The van der Waals surface area contributed by atoms with Gasteiger partial charge < -0.3 is 4.90 Å². The van der Waals surface area contributed by atoms with Gasteiger partial charge in [0, 0.05) is 13.6 Å². The molecule has 0 rings (SSSR count). The predicted molar refractivity (Wildman–Crippen MR) is 38.8 cm³/mol. The van der Waals surface area contributed by atoms with Crippen molar-refractivity contribution < 1.29 is 22.8 Å². The molecule has 0 aliphatic rings. The van der Waals surface area contributed by atoms with Gasteiger partial charge in [-0.1, -0.05) is 0 Å². The molecule has 0 unspecified atom stereocenters. The van der Waals surface area contributed by atoms with Crippen molar-refractivity contribution in [2.75, 3.05) is 20.2 Å². The predicted octanol–water partition coefficient (Wildman–Crippen LogP) is 1.14. The van der Waals surface area contributed by atoms with Crippen molar-refractivity contribution in [1.82, 2.24) is 10.4 Å². The molecule has 4 nitrogen and oxygen atoms in total. The zero-order valence-electron chi connectivity index (χ0n) is 7.31. The van der Waals surface area contributed by atoms with Crippen molar-refractivity contribution in [3.8, 4) is 0 Å². The van der Waals surface area contributed by atoms with Crippen LogP contribution < -0.4 is 5.48 Å². The highest BCUT2D eigenvalue weighted by Gasteiger charge is 2.28. The number of carbonyl (C=O) groups excluding carboxylic acids is 1. The molecule has 0 heterocycles. The number of urea groups is 1. The van der Waals surface area contributed by atoms with Crippen LogP contribution in [0.25, 0.3) is 0 Å². The van der Waals surface area contributed by atoms with Crippen LogP contribution in [0.5, 0.6) is 0 Å². The molecule has 0 saturated heterocycles. The van der Waals surface area contributed by atoms with Crippen molar-refractivity contribution >= 4 is 6.03 Å². The van der Waals surface area contributed by atoms with Crippen LogP contribution in [0.1, 0.15) is 6.92 Å². The van der Waals surface area contributed by atoms with Gasteiger partial charge in [-0.05, 0) is 6.92 Å². The maximum absolute atomic E-state index is 11.5. The minimum atomic E-state index is -4.43. The highest BCUT2D eigenvalue weighted by molar-refractivity contribution is 5.72. The third kappa shape index (κ3) is 6.21. The Kier molecular flexibility index (Phi) is 4.53. The molecule has 0 aromatic rings. The van der Waals surface area contributed by atoms with Crippen molar-refractivity contribution in [3.63, 3.8) is 0 Å². The molecule has 0 radical (unpaired) electrons. The van der Waals surface area contributed by atoms with Gasteiger partial charge in [0.15, 0.2) is 6.61 Å². The van der Waals surface area contributed by atoms with Crippen molar-refractivity contribution in [2.45, 2.75) is 13.1 Å². The monoisotopic (exact) mass is 200 g/mol. The maximum atomic E-state index is 11.5. The zero-order chi connectivity index (χ0) is 10.5. The van der Waals surface area contributed by atoms with E-state index in [0.717, 1.165) is 0 Å². The highest BCUT2D eigenvalue weighted by atomic mass is 19.4. The lowest BCUT2D eigenvalue weighted by molar-refractivity contribution is -0.184. The Bertz CT molecular complexity index is 172. The summed E-state index contributed by atoms with van der Waals surface area (Å²) in [6.07, 6.45) is -4.43. The molecule has 0 fully saturated rings. The first-order valence-electron chi connectivity index (χ1n) is 3.56. The van der Waals surface area contributed by atoms with E-state index in [1.165, 1.54) is 11.9 Å². The average molecular weight is 200 g/mol. The molecule has 78 valence electrons. The first-order chi connectivity index (χ1) is 5.87. The normalized spacial score (nSPS) is 11.2. The number of carbonyl (C=O) groups is 1. The van der Waals surface area contributed by atoms with Crippen LogP contribution in [0.2, 0.25) is 0 Å². The molecule has 13 heavy (non-hydrogen) atoms.